The number of benzene rings is 1. The van der Waals surface area contributed by atoms with E-state index in [-0.39, 0.29) is 28.9 Å². The minimum absolute atomic E-state index is 0.00667. The molecule has 1 saturated heterocycles. The number of aromatic nitrogens is 2. The third kappa shape index (κ3) is 5.53. The Kier molecular flexibility index (Phi) is 7.54. The number of carbonyl (C=O) groups excluding carboxylic acids is 2. The zero-order valence-electron chi connectivity index (χ0n) is 25.2. The number of aryl methyl sites for hydroxylation is 1. The Bertz CT molecular complexity index is 1270. The van der Waals surface area contributed by atoms with Crippen LogP contribution in [0.4, 0.5) is 23.1 Å². The van der Waals surface area contributed by atoms with E-state index in [2.05, 4.69) is 60.2 Å². The van der Waals surface area contributed by atoms with Crippen LogP contribution in [0, 0.1) is 6.92 Å². The molecule has 3 aliphatic rings. The topological polar surface area (TPSA) is 93.7 Å². The van der Waals surface area contributed by atoms with Crippen molar-refractivity contribution in [3.8, 4) is 0 Å². The molecule has 2 aromatic rings. The number of anilines is 4. The molecular weight excluding hydrogens is 502 g/mol. The molecule has 1 aromatic carbocycles. The molecular formula is C31H45N7O2. The Balaban J connectivity index is 1.33. The monoisotopic (exact) mass is 547 g/mol. The van der Waals surface area contributed by atoms with Gasteiger partial charge in [0.05, 0.1) is 6.20 Å². The summed E-state index contributed by atoms with van der Waals surface area (Å²) in [5, 5.41) is 6.66. The Morgan fingerprint density at radius 2 is 1.73 bits per heavy atom. The Labute approximate surface area is 238 Å². The first-order chi connectivity index (χ1) is 18.9. The molecule has 0 spiro atoms. The summed E-state index contributed by atoms with van der Waals surface area (Å²) in [5.41, 5.74) is 3.20. The highest BCUT2D eigenvalue weighted by Crippen LogP contribution is 2.38. The molecule has 9 nitrogen and oxygen atoms in total. The van der Waals surface area contributed by atoms with E-state index in [0.29, 0.717) is 30.5 Å². The molecule has 0 bridgehead atoms. The highest BCUT2D eigenvalue weighted by Gasteiger charge is 2.43. The van der Waals surface area contributed by atoms with Crippen molar-refractivity contribution in [2.24, 2.45) is 0 Å². The lowest BCUT2D eigenvalue weighted by molar-refractivity contribution is -0.118. The molecule has 1 aliphatic carbocycles. The number of likely N-dealkylation sites (tertiary alicyclic amines) is 1. The summed E-state index contributed by atoms with van der Waals surface area (Å²) in [7, 11) is 3.97. The van der Waals surface area contributed by atoms with Crippen LogP contribution in [0.1, 0.15) is 88.6 Å². The largest absolute Gasteiger partial charge is 0.351 e. The number of amides is 2. The van der Waals surface area contributed by atoms with E-state index in [4.69, 9.17) is 4.98 Å². The van der Waals surface area contributed by atoms with Crippen LogP contribution < -0.4 is 20.4 Å². The van der Waals surface area contributed by atoms with Crippen LogP contribution in [0.5, 0.6) is 0 Å². The molecule has 40 heavy (non-hydrogen) atoms. The van der Waals surface area contributed by atoms with Gasteiger partial charge in [0.2, 0.25) is 11.9 Å². The normalized spacial score (nSPS) is 21.7. The first-order valence-corrected chi connectivity index (χ1v) is 14.7. The van der Waals surface area contributed by atoms with Gasteiger partial charge in [-0.05, 0) is 91.1 Å². The zero-order chi connectivity index (χ0) is 28.8. The number of rotatable bonds is 5. The van der Waals surface area contributed by atoms with Gasteiger partial charge >= 0.3 is 0 Å². The summed E-state index contributed by atoms with van der Waals surface area (Å²) < 4.78 is 0. The van der Waals surface area contributed by atoms with Crippen molar-refractivity contribution >= 4 is 35.0 Å². The van der Waals surface area contributed by atoms with E-state index in [1.165, 1.54) is 12.8 Å². The Morgan fingerprint density at radius 1 is 1.05 bits per heavy atom. The molecule has 1 saturated carbocycles. The average Bonchev–Trinajstić information content (AvgIpc) is 3.39. The van der Waals surface area contributed by atoms with Crippen LogP contribution in [0.3, 0.4) is 0 Å². The van der Waals surface area contributed by atoms with Crippen molar-refractivity contribution in [1.82, 2.24) is 20.2 Å². The number of fused-ring (bicyclic) bond motifs is 1. The van der Waals surface area contributed by atoms with E-state index < -0.39 is 0 Å². The molecule has 0 unspecified atom stereocenters. The molecule has 3 heterocycles. The van der Waals surface area contributed by atoms with Gasteiger partial charge in [-0.25, -0.2) is 4.98 Å². The quantitative estimate of drug-likeness (QED) is 0.543. The summed E-state index contributed by atoms with van der Waals surface area (Å²) in [6.45, 7) is 11.6. The Hall–Kier alpha value is -3.20. The van der Waals surface area contributed by atoms with Crippen LogP contribution in [0.2, 0.25) is 0 Å². The molecule has 2 fully saturated rings. The van der Waals surface area contributed by atoms with Gasteiger partial charge in [0.25, 0.3) is 5.91 Å². The molecule has 1 aromatic heterocycles. The van der Waals surface area contributed by atoms with Gasteiger partial charge < -0.3 is 20.4 Å². The van der Waals surface area contributed by atoms with Crippen molar-refractivity contribution in [2.45, 2.75) is 103 Å². The number of hydrogen-bond donors (Lipinski definition) is 2. The van der Waals surface area contributed by atoms with E-state index >= 15 is 0 Å². The van der Waals surface area contributed by atoms with Crippen molar-refractivity contribution in [1.29, 1.82) is 0 Å². The predicted octanol–water partition coefficient (Wildman–Crippen LogP) is 5.03. The lowest BCUT2D eigenvalue weighted by atomic mass is 9.77. The fraction of sp³-hybridized carbons (Fsp3) is 0.613. The van der Waals surface area contributed by atoms with E-state index in [1.54, 1.807) is 18.1 Å². The fourth-order valence-corrected chi connectivity index (χ4v) is 6.88. The van der Waals surface area contributed by atoms with Crippen molar-refractivity contribution in [3.63, 3.8) is 0 Å². The minimum atomic E-state index is -0.0445. The lowest BCUT2D eigenvalue weighted by Crippen LogP contribution is -2.62. The fourth-order valence-electron chi connectivity index (χ4n) is 6.88. The molecule has 5 rings (SSSR count). The SMILES string of the molecule is Cc1cc(C(=O)NC2CC(C)(C)N(C)C(C)(C)C2)ccc1Nc1ncc2c(n1)N(C1CCCC1)CCC(=O)N2C. The molecule has 2 amide bonds. The third-order valence-electron chi connectivity index (χ3n) is 9.47. The summed E-state index contributed by atoms with van der Waals surface area (Å²) >= 11 is 0. The summed E-state index contributed by atoms with van der Waals surface area (Å²) in [6.07, 6.45) is 8.71. The predicted molar refractivity (Wildman–Crippen MR) is 161 cm³/mol. The first kappa shape index (κ1) is 28.3. The second-order valence-corrected chi connectivity index (χ2v) is 13.2. The highest BCUT2D eigenvalue weighted by atomic mass is 16.2. The first-order valence-electron chi connectivity index (χ1n) is 14.7. The van der Waals surface area contributed by atoms with Gasteiger partial charge in [-0.15, -0.1) is 0 Å². The highest BCUT2D eigenvalue weighted by molar-refractivity contribution is 5.97. The van der Waals surface area contributed by atoms with Gasteiger partial charge in [0.1, 0.15) is 5.69 Å². The van der Waals surface area contributed by atoms with Crippen LogP contribution in [0.25, 0.3) is 0 Å². The number of hydrogen-bond acceptors (Lipinski definition) is 7. The summed E-state index contributed by atoms with van der Waals surface area (Å²) in [4.78, 5) is 41.8. The van der Waals surface area contributed by atoms with Crippen LogP contribution in [0.15, 0.2) is 24.4 Å². The summed E-state index contributed by atoms with van der Waals surface area (Å²) in [5.74, 6) is 1.34. The van der Waals surface area contributed by atoms with Crippen LogP contribution in [-0.2, 0) is 4.79 Å². The van der Waals surface area contributed by atoms with Gasteiger partial charge in [-0.3, -0.25) is 14.5 Å². The van der Waals surface area contributed by atoms with E-state index in [9.17, 15) is 9.59 Å². The number of nitrogens with one attached hydrogen (secondary N) is 2. The molecule has 2 aliphatic heterocycles. The molecule has 0 radical (unpaired) electrons. The zero-order valence-corrected chi connectivity index (χ0v) is 25.2. The Morgan fingerprint density at radius 3 is 2.38 bits per heavy atom. The number of nitrogens with zero attached hydrogens (tertiary/aromatic N) is 5. The van der Waals surface area contributed by atoms with Crippen LogP contribution in [-0.4, -0.2) is 70.5 Å². The van der Waals surface area contributed by atoms with E-state index in [0.717, 1.165) is 48.4 Å². The van der Waals surface area contributed by atoms with Gasteiger partial charge in [0, 0.05) is 54.4 Å². The van der Waals surface area contributed by atoms with Crippen molar-refractivity contribution < 1.29 is 9.59 Å². The van der Waals surface area contributed by atoms with Crippen molar-refractivity contribution in [3.05, 3.63) is 35.5 Å². The lowest BCUT2D eigenvalue weighted by Gasteiger charge is -2.53. The van der Waals surface area contributed by atoms with Gasteiger partial charge in [-0.2, -0.15) is 4.98 Å². The second-order valence-electron chi connectivity index (χ2n) is 13.2. The maximum atomic E-state index is 13.2. The van der Waals surface area contributed by atoms with Gasteiger partial charge in [-0.1, -0.05) is 12.8 Å². The molecule has 216 valence electrons. The summed E-state index contributed by atoms with van der Waals surface area (Å²) in [6, 6.07) is 6.22. The van der Waals surface area contributed by atoms with Crippen LogP contribution >= 0.6 is 0 Å². The second kappa shape index (κ2) is 10.7. The van der Waals surface area contributed by atoms with Gasteiger partial charge in [0.15, 0.2) is 5.82 Å². The molecule has 2 N–H and O–H groups in total. The smallest absolute Gasteiger partial charge is 0.251 e. The standard InChI is InChI=1S/C31H45N7O2/c1-20-16-21(28(40)33-22-17-30(2,3)37(7)31(4,5)18-22)12-13-24(20)34-29-32-19-25-27(35-29)38(23-10-8-9-11-23)15-14-26(39)36(25)6/h12-13,16,19,22-23H,8-11,14-15,17-18H2,1-7H3,(H,33,40)(H,32,34,35). The minimum Gasteiger partial charge on any atom is -0.351 e. The third-order valence-corrected chi connectivity index (χ3v) is 9.47. The molecule has 0 atom stereocenters. The maximum Gasteiger partial charge on any atom is 0.251 e. The maximum absolute atomic E-state index is 13.2. The van der Waals surface area contributed by atoms with Crippen molar-refractivity contribution in [2.75, 3.05) is 35.8 Å². The average molecular weight is 548 g/mol. The molecule has 9 heteroatoms. The number of carbonyl (C=O) groups is 2. The van der Waals surface area contributed by atoms with E-state index in [1.807, 2.05) is 25.1 Å². The number of piperidine rings is 1.